The Hall–Kier alpha value is -2.88. The Morgan fingerprint density at radius 1 is 1.08 bits per heavy atom. The molecule has 128 valence electrons. The highest BCUT2D eigenvalue weighted by Crippen LogP contribution is 2.27. The molecule has 0 aliphatic rings. The summed E-state index contributed by atoms with van der Waals surface area (Å²) >= 11 is 0. The molecule has 2 aromatic carbocycles. The first kappa shape index (κ1) is 17.0. The van der Waals surface area contributed by atoms with Crippen LogP contribution in [0, 0.1) is 0 Å². The van der Waals surface area contributed by atoms with Crippen molar-refractivity contribution in [3.8, 4) is 11.3 Å². The summed E-state index contributed by atoms with van der Waals surface area (Å²) in [6, 6.07) is 19.8. The Kier molecular flexibility index (Phi) is 5.62. The summed E-state index contributed by atoms with van der Waals surface area (Å²) in [4.78, 5) is 16.7. The van der Waals surface area contributed by atoms with E-state index in [0.29, 0.717) is 24.7 Å². The molecule has 0 bridgehead atoms. The molecule has 0 radical (unpaired) electrons. The topological polar surface area (TPSA) is 52.3 Å². The second-order valence-corrected chi connectivity index (χ2v) is 5.76. The summed E-state index contributed by atoms with van der Waals surface area (Å²) in [6.07, 6.45) is 3.02. The van der Waals surface area contributed by atoms with Crippen LogP contribution in [-0.2, 0) is 16.0 Å². The third kappa shape index (κ3) is 4.35. The molecule has 0 saturated heterocycles. The van der Waals surface area contributed by atoms with Crippen LogP contribution in [0.15, 0.2) is 71.3 Å². The van der Waals surface area contributed by atoms with E-state index in [0.717, 1.165) is 12.0 Å². The molecule has 1 unspecified atom stereocenters. The van der Waals surface area contributed by atoms with Gasteiger partial charge in [-0.05, 0) is 25.3 Å². The first-order valence-corrected chi connectivity index (χ1v) is 8.49. The first-order valence-electron chi connectivity index (χ1n) is 8.49. The van der Waals surface area contributed by atoms with E-state index in [2.05, 4.69) is 4.98 Å². The van der Waals surface area contributed by atoms with Crippen molar-refractivity contribution in [2.24, 2.45) is 0 Å². The molecule has 4 nitrogen and oxygen atoms in total. The highest BCUT2D eigenvalue weighted by molar-refractivity contribution is 5.77. The lowest BCUT2D eigenvalue weighted by Gasteiger charge is -2.12. The zero-order valence-corrected chi connectivity index (χ0v) is 14.2. The van der Waals surface area contributed by atoms with Crippen LogP contribution in [0.3, 0.4) is 0 Å². The summed E-state index contributed by atoms with van der Waals surface area (Å²) in [5, 5.41) is 0. The minimum Gasteiger partial charge on any atom is -0.465 e. The van der Waals surface area contributed by atoms with Gasteiger partial charge >= 0.3 is 5.97 Å². The van der Waals surface area contributed by atoms with E-state index < -0.39 is 5.92 Å². The second kappa shape index (κ2) is 8.29. The summed E-state index contributed by atoms with van der Waals surface area (Å²) in [6.45, 7) is 2.14. The van der Waals surface area contributed by atoms with E-state index in [1.807, 2.05) is 60.7 Å². The van der Waals surface area contributed by atoms with Crippen LogP contribution in [0.25, 0.3) is 11.3 Å². The molecule has 3 rings (SSSR count). The predicted octanol–water partition coefficient (Wildman–Crippen LogP) is 4.62. The van der Waals surface area contributed by atoms with Crippen molar-refractivity contribution in [3.05, 3.63) is 78.3 Å². The van der Waals surface area contributed by atoms with Gasteiger partial charge in [0.25, 0.3) is 0 Å². The summed E-state index contributed by atoms with van der Waals surface area (Å²) < 4.78 is 11.1. The van der Waals surface area contributed by atoms with Gasteiger partial charge in [-0.1, -0.05) is 60.7 Å². The Bertz CT molecular complexity index is 796. The quantitative estimate of drug-likeness (QED) is 0.591. The van der Waals surface area contributed by atoms with Crippen molar-refractivity contribution >= 4 is 5.97 Å². The van der Waals surface area contributed by atoms with Crippen LogP contribution in [0.4, 0.5) is 0 Å². The van der Waals surface area contributed by atoms with Gasteiger partial charge in [-0.15, -0.1) is 0 Å². The fourth-order valence-corrected chi connectivity index (χ4v) is 2.73. The van der Waals surface area contributed by atoms with Crippen LogP contribution in [-0.4, -0.2) is 17.6 Å². The summed E-state index contributed by atoms with van der Waals surface area (Å²) in [5.41, 5.74) is 2.11. The van der Waals surface area contributed by atoms with Crippen molar-refractivity contribution in [1.82, 2.24) is 4.98 Å². The van der Waals surface area contributed by atoms with E-state index >= 15 is 0 Å². The molecule has 0 aliphatic heterocycles. The number of ether oxygens (including phenoxy) is 1. The molecule has 4 heteroatoms. The Balaban J connectivity index is 1.79. The molecule has 1 atom stereocenters. The third-order valence-corrected chi connectivity index (χ3v) is 4.02. The normalized spacial score (nSPS) is 11.9. The van der Waals surface area contributed by atoms with Gasteiger partial charge in [0.05, 0.1) is 12.8 Å². The predicted molar refractivity (Wildman–Crippen MR) is 96.1 cm³/mol. The van der Waals surface area contributed by atoms with Gasteiger partial charge in [0.2, 0.25) is 5.89 Å². The number of hydrogen-bond donors (Lipinski definition) is 0. The lowest BCUT2D eigenvalue weighted by molar-refractivity contribution is -0.145. The summed E-state index contributed by atoms with van der Waals surface area (Å²) in [7, 11) is 0. The minimum absolute atomic E-state index is 0.292. The number of aromatic nitrogens is 1. The highest BCUT2D eigenvalue weighted by Gasteiger charge is 2.27. The Morgan fingerprint density at radius 2 is 1.76 bits per heavy atom. The molecule has 3 aromatic rings. The Morgan fingerprint density at radius 3 is 2.44 bits per heavy atom. The number of carbonyl (C=O) groups is 1. The number of benzene rings is 2. The van der Waals surface area contributed by atoms with E-state index in [4.69, 9.17) is 9.15 Å². The Labute approximate surface area is 147 Å². The van der Waals surface area contributed by atoms with E-state index in [9.17, 15) is 4.79 Å². The van der Waals surface area contributed by atoms with Crippen LogP contribution in [0.5, 0.6) is 0 Å². The van der Waals surface area contributed by atoms with Crippen molar-refractivity contribution in [2.45, 2.75) is 25.7 Å². The minimum atomic E-state index is -0.502. The molecule has 1 heterocycles. The molecule has 25 heavy (non-hydrogen) atoms. The molecule has 0 amide bonds. The maximum Gasteiger partial charge on any atom is 0.318 e. The monoisotopic (exact) mass is 335 g/mol. The van der Waals surface area contributed by atoms with Crippen molar-refractivity contribution < 1.29 is 13.9 Å². The van der Waals surface area contributed by atoms with Crippen LogP contribution in [0.2, 0.25) is 0 Å². The number of hydrogen-bond acceptors (Lipinski definition) is 4. The lowest BCUT2D eigenvalue weighted by Crippen LogP contribution is -2.17. The van der Waals surface area contributed by atoms with Crippen LogP contribution in [0.1, 0.15) is 30.7 Å². The first-order chi connectivity index (χ1) is 12.3. The lowest BCUT2D eigenvalue weighted by atomic mass is 9.99. The van der Waals surface area contributed by atoms with E-state index in [-0.39, 0.29) is 5.97 Å². The maximum atomic E-state index is 12.4. The van der Waals surface area contributed by atoms with Crippen molar-refractivity contribution in [3.63, 3.8) is 0 Å². The second-order valence-electron chi connectivity index (χ2n) is 5.76. The van der Waals surface area contributed by atoms with Crippen LogP contribution < -0.4 is 0 Å². The number of oxazole rings is 1. The fraction of sp³-hybridized carbons (Fsp3) is 0.238. The highest BCUT2D eigenvalue weighted by atomic mass is 16.5. The van der Waals surface area contributed by atoms with Gasteiger partial charge < -0.3 is 9.15 Å². The number of esters is 1. The third-order valence-electron chi connectivity index (χ3n) is 4.02. The number of rotatable bonds is 7. The van der Waals surface area contributed by atoms with Gasteiger partial charge in [0.1, 0.15) is 5.92 Å². The largest absolute Gasteiger partial charge is 0.465 e. The smallest absolute Gasteiger partial charge is 0.318 e. The molecule has 0 N–H and O–H groups in total. The van der Waals surface area contributed by atoms with Crippen LogP contribution >= 0.6 is 0 Å². The fourth-order valence-electron chi connectivity index (χ4n) is 2.73. The molecular weight excluding hydrogens is 314 g/mol. The molecular formula is C21H21NO3. The number of nitrogens with zero attached hydrogens (tertiary/aromatic N) is 1. The SMILES string of the molecule is CCOC(=O)C(CCc1ccccc1)c1ncc(-c2ccccc2)o1. The molecule has 0 spiro atoms. The van der Waals surface area contributed by atoms with E-state index in [1.165, 1.54) is 5.56 Å². The zero-order chi connectivity index (χ0) is 17.5. The number of carbonyl (C=O) groups excluding carboxylic acids is 1. The zero-order valence-electron chi connectivity index (χ0n) is 14.2. The van der Waals surface area contributed by atoms with Gasteiger partial charge in [0.15, 0.2) is 5.76 Å². The average molecular weight is 335 g/mol. The maximum absolute atomic E-state index is 12.4. The van der Waals surface area contributed by atoms with Gasteiger partial charge in [0, 0.05) is 5.56 Å². The van der Waals surface area contributed by atoms with Gasteiger partial charge in [-0.3, -0.25) is 4.79 Å². The van der Waals surface area contributed by atoms with Crippen molar-refractivity contribution in [1.29, 1.82) is 0 Å². The van der Waals surface area contributed by atoms with Crippen molar-refractivity contribution in [2.75, 3.05) is 6.61 Å². The van der Waals surface area contributed by atoms with Gasteiger partial charge in [-0.25, -0.2) is 4.98 Å². The van der Waals surface area contributed by atoms with E-state index in [1.54, 1.807) is 13.1 Å². The molecule has 0 fully saturated rings. The average Bonchev–Trinajstić information content (AvgIpc) is 3.14. The summed E-state index contributed by atoms with van der Waals surface area (Å²) in [5.74, 6) is 0.273. The number of aryl methyl sites for hydroxylation is 1. The molecule has 1 aromatic heterocycles. The van der Waals surface area contributed by atoms with Gasteiger partial charge in [-0.2, -0.15) is 0 Å². The molecule has 0 aliphatic carbocycles. The standard InChI is InChI=1S/C21H21NO3/c1-2-24-21(23)18(14-13-16-9-5-3-6-10-16)20-22-15-19(25-20)17-11-7-4-8-12-17/h3-12,15,18H,2,13-14H2,1H3. The molecule has 0 saturated carbocycles.